The summed E-state index contributed by atoms with van der Waals surface area (Å²) < 4.78 is 7.07. The summed E-state index contributed by atoms with van der Waals surface area (Å²) in [5.41, 5.74) is 10.0. The van der Waals surface area contributed by atoms with Gasteiger partial charge in [0, 0.05) is 16.2 Å². The van der Waals surface area contributed by atoms with Crippen LogP contribution in [0.25, 0.3) is 0 Å². The molecular formula is C20H22N4OS. The quantitative estimate of drug-likeness (QED) is 0.523. The Kier molecular flexibility index (Phi) is 5.63. The smallest absolute Gasteiger partial charge is 0.221 e. The van der Waals surface area contributed by atoms with Gasteiger partial charge in [-0.2, -0.15) is 5.10 Å². The molecule has 2 aromatic carbocycles. The summed E-state index contributed by atoms with van der Waals surface area (Å²) in [5.74, 6) is 2.07. The Hall–Kier alpha value is -2.73. The van der Waals surface area contributed by atoms with Gasteiger partial charge >= 0.3 is 0 Å². The van der Waals surface area contributed by atoms with Gasteiger partial charge in [0.15, 0.2) is 0 Å². The summed E-state index contributed by atoms with van der Waals surface area (Å²) in [7, 11) is 1.69. The second-order valence-corrected chi connectivity index (χ2v) is 7.05. The van der Waals surface area contributed by atoms with Crippen LogP contribution in [0.1, 0.15) is 22.4 Å². The van der Waals surface area contributed by atoms with Gasteiger partial charge in [0.25, 0.3) is 0 Å². The van der Waals surface area contributed by atoms with Crippen LogP contribution in [0.15, 0.2) is 58.7 Å². The Labute approximate surface area is 157 Å². The molecule has 26 heavy (non-hydrogen) atoms. The number of hydrogen-bond donors (Lipinski definition) is 1. The van der Waals surface area contributed by atoms with Crippen LogP contribution in [0, 0.1) is 13.8 Å². The van der Waals surface area contributed by atoms with E-state index in [0.717, 1.165) is 28.3 Å². The molecule has 0 saturated heterocycles. The number of ether oxygens (including phenoxy) is 1. The molecule has 1 heterocycles. The topological polar surface area (TPSA) is 65.4 Å². The van der Waals surface area contributed by atoms with E-state index in [4.69, 9.17) is 10.5 Å². The van der Waals surface area contributed by atoms with Gasteiger partial charge in [0.1, 0.15) is 5.75 Å². The second-order valence-electron chi connectivity index (χ2n) is 6.00. The van der Waals surface area contributed by atoms with Crippen molar-refractivity contribution in [2.75, 3.05) is 12.8 Å². The number of thioether (sulfide) groups is 1. The summed E-state index contributed by atoms with van der Waals surface area (Å²) >= 11 is 1.78. The van der Waals surface area contributed by atoms with Crippen molar-refractivity contribution in [2.45, 2.75) is 24.5 Å². The highest BCUT2D eigenvalue weighted by molar-refractivity contribution is 7.98. The molecule has 0 aliphatic rings. The highest BCUT2D eigenvalue weighted by atomic mass is 32.2. The van der Waals surface area contributed by atoms with Crippen molar-refractivity contribution >= 4 is 23.9 Å². The lowest BCUT2D eigenvalue weighted by atomic mass is 10.1. The standard InChI is InChI=1S/C20H22N4OS/c1-14-4-7-18(8-5-14)26-13-17-10-16(6-9-19(17)25-3)11-22-24-12-15(2)23-20(24)21/h4-12H,13H2,1-3H3,(H2,21,23). The van der Waals surface area contributed by atoms with E-state index >= 15 is 0 Å². The van der Waals surface area contributed by atoms with E-state index in [1.54, 1.807) is 36.0 Å². The number of benzene rings is 2. The molecule has 0 saturated carbocycles. The number of imidazole rings is 1. The fraction of sp³-hybridized carbons (Fsp3) is 0.200. The number of anilines is 1. The normalized spacial score (nSPS) is 11.2. The number of hydrogen-bond acceptors (Lipinski definition) is 5. The third-order valence-corrected chi connectivity index (χ3v) is 4.95. The summed E-state index contributed by atoms with van der Waals surface area (Å²) in [5, 5.41) is 4.38. The van der Waals surface area contributed by atoms with Crippen LogP contribution in [0.4, 0.5) is 5.95 Å². The first-order valence-corrected chi connectivity index (χ1v) is 9.26. The van der Waals surface area contributed by atoms with E-state index in [0.29, 0.717) is 5.95 Å². The molecule has 0 bridgehead atoms. The van der Waals surface area contributed by atoms with Gasteiger partial charge in [-0.25, -0.2) is 9.66 Å². The number of nitrogen functional groups attached to an aromatic ring is 1. The van der Waals surface area contributed by atoms with E-state index in [2.05, 4.69) is 47.3 Å². The molecule has 5 nitrogen and oxygen atoms in total. The Morgan fingerprint density at radius 3 is 2.62 bits per heavy atom. The van der Waals surface area contributed by atoms with Gasteiger partial charge in [-0.3, -0.25) is 0 Å². The van der Waals surface area contributed by atoms with Crippen LogP contribution in [0.2, 0.25) is 0 Å². The highest BCUT2D eigenvalue weighted by Gasteiger charge is 2.06. The van der Waals surface area contributed by atoms with E-state index in [1.807, 2.05) is 19.1 Å². The number of methoxy groups -OCH3 is 1. The second kappa shape index (κ2) is 8.10. The molecule has 0 aliphatic carbocycles. The van der Waals surface area contributed by atoms with Gasteiger partial charge in [-0.1, -0.05) is 17.7 Å². The Morgan fingerprint density at radius 1 is 1.19 bits per heavy atom. The van der Waals surface area contributed by atoms with Gasteiger partial charge < -0.3 is 10.5 Å². The minimum atomic E-state index is 0.377. The van der Waals surface area contributed by atoms with E-state index in [9.17, 15) is 0 Å². The predicted molar refractivity (Wildman–Crippen MR) is 108 cm³/mol. The molecule has 2 N–H and O–H groups in total. The van der Waals surface area contributed by atoms with E-state index < -0.39 is 0 Å². The average Bonchev–Trinajstić information content (AvgIpc) is 2.97. The molecule has 0 fully saturated rings. The molecule has 134 valence electrons. The van der Waals surface area contributed by atoms with Crippen molar-refractivity contribution in [1.82, 2.24) is 9.66 Å². The molecule has 0 spiro atoms. The van der Waals surface area contributed by atoms with Crippen molar-refractivity contribution in [1.29, 1.82) is 0 Å². The van der Waals surface area contributed by atoms with Gasteiger partial charge in [0.2, 0.25) is 5.95 Å². The molecule has 0 unspecified atom stereocenters. The first-order chi connectivity index (χ1) is 12.5. The highest BCUT2D eigenvalue weighted by Crippen LogP contribution is 2.28. The zero-order valence-corrected chi connectivity index (χ0v) is 16.0. The number of nitrogens with zero attached hydrogens (tertiary/aromatic N) is 3. The molecule has 3 rings (SSSR count). The lowest BCUT2D eigenvalue weighted by Crippen LogP contribution is -1.98. The lowest BCUT2D eigenvalue weighted by Gasteiger charge is -2.09. The number of nitrogens with two attached hydrogens (primary N) is 1. The number of aryl methyl sites for hydroxylation is 2. The predicted octanol–water partition coefficient (Wildman–Crippen LogP) is 4.27. The van der Waals surface area contributed by atoms with Crippen LogP contribution in [0.3, 0.4) is 0 Å². The maximum Gasteiger partial charge on any atom is 0.221 e. The third kappa shape index (κ3) is 4.46. The summed E-state index contributed by atoms with van der Waals surface area (Å²) in [4.78, 5) is 5.38. The van der Waals surface area contributed by atoms with Crippen LogP contribution in [0.5, 0.6) is 5.75 Å². The van der Waals surface area contributed by atoms with Crippen LogP contribution >= 0.6 is 11.8 Å². The van der Waals surface area contributed by atoms with E-state index in [-0.39, 0.29) is 0 Å². The Morgan fingerprint density at radius 2 is 1.96 bits per heavy atom. The molecular weight excluding hydrogens is 344 g/mol. The third-order valence-electron chi connectivity index (χ3n) is 3.89. The summed E-state index contributed by atoms with van der Waals surface area (Å²) in [6, 6.07) is 14.6. The molecule has 1 aromatic heterocycles. The van der Waals surface area contributed by atoms with Crippen molar-refractivity contribution in [3.8, 4) is 5.75 Å². The molecule has 0 atom stereocenters. The minimum absolute atomic E-state index is 0.377. The zero-order chi connectivity index (χ0) is 18.5. The number of rotatable bonds is 6. The Balaban J connectivity index is 1.77. The first-order valence-electron chi connectivity index (χ1n) is 8.27. The van der Waals surface area contributed by atoms with Gasteiger partial charge in [0.05, 0.1) is 25.2 Å². The Bertz CT molecular complexity index is 916. The molecule has 0 amide bonds. The maximum atomic E-state index is 5.82. The van der Waals surface area contributed by atoms with Crippen LogP contribution in [-0.4, -0.2) is 23.0 Å². The zero-order valence-electron chi connectivity index (χ0n) is 15.1. The van der Waals surface area contributed by atoms with Crippen molar-refractivity contribution in [2.24, 2.45) is 5.10 Å². The van der Waals surface area contributed by atoms with Crippen LogP contribution in [-0.2, 0) is 5.75 Å². The van der Waals surface area contributed by atoms with E-state index in [1.165, 1.54) is 10.5 Å². The molecule has 6 heteroatoms. The molecule has 0 radical (unpaired) electrons. The van der Waals surface area contributed by atoms with Crippen LogP contribution < -0.4 is 10.5 Å². The summed E-state index contributed by atoms with van der Waals surface area (Å²) in [6.07, 6.45) is 3.57. The number of aromatic nitrogens is 2. The lowest BCUT2D eigenvalue weighted by molar-refractivity contribution is 0.411. The monoisotopic (exact) mass is 366 g/mol. The largest absolute Gasteiger partial charge is 0.496 e. The first kappa shape index (κ1) is 18.1. The minimum Gasteiger partial charge on any atom is -0.496 e. The average molecular weight is 366 g/mol. The summed E-state index contributed by atoms with van der Waals surface area (Å²) in [6.45, 7) is 3.98. The fourth-order valence-corrected chi connectivity index (χ4v) is 3.39. The van der Waals surface area contributed by atoms with Crippen molar-refractivity contribution in [3.05, 3.63) is 71.0 Å². The SMILES string of the molecule is COc1ccc(C=Nn2cc(C)nc2N)cc1CSc1ccc(C)cc1. The van der Waals surface area contributed by atoms with Crippen molar-refractivity contribution < 1.29 is 4.74 Å². The van der Waals surface area contributed by atoms with Gasteiger partial charge in [-0.05, 0) is 49.7 Å². The van der Waals surface area contributed by atoms with Crippen molar-refractivity contribution in [3.63, 3.8) is 0 Å². The maximum absolute atomic E-state index is 5.82. The fourth-order valence-electron chi connectivity index (χ4n) is 2.51. The molecule has 3 aromatic rings. The molecule has 0 aliphatic heterocycles. The van der Waals surface area contributed by atoms with Gasteiger partial charge in [-0.15, -0.1) is 11.8 Å².